The fourth-order valence-electron chi connectivity index (χ4n) is 1.16. The summed E-state index contributed by atoms with van der Waals surface area (Å²) in [6.45, 7) is 1.71. The van der Waals surface area contributed by atoms with Gasteiger partial charge < -0.3 is 21.6 Å². The molecular formula is C10H26N4O2. The molecule has 1 unspecified atom stereocenters. The Morgan fingerprint density at radius 3 is 2.69 bits per heavy atom. The highest BCUT2D eigenvalue weighted by molar-refractivity contribution is 5.76. The van der Waals surface area contributed by atoms with Crippen molar-refractivity contribution >= 4 is 5.91 Å². The van der Waals surface area contributed by atoms with Gasteiger partial charge in [0.1, 0.15) is 0 Å². The third kappa shape index (κ3) is 11.4. The monoisotopic (exact) mass is 234 g/mol. The van der Waals surface area contributed by atoms with Crippen LogP contribution in [0.1, 0.15) is 26.7 Å². The summed E-state index contributed by atoms with van der Waals surface area (Å²) in [5, 5.41) is 2.68. The largest absolute Gasteiger partial charge is 0.355 e. The van der Waals surface area contributed by atoms with E-state index in [2.05, 4.69) is 15.6 Å². The van der Waals surface area contributed by atoms with Gasteiger partial charge in [0.2, 0.25) is 5.91 Å². The van der Waals surface area contributed by atoms with Gasteiger partial charge in [0.15, 0.2) is 0 Å². The van der Waals surface area contributed by atoms with Crippen molar-refractivity contribution in [3.8, 4) is 0 Å². The molecule has 0 aromatic rings. The summed E-state index contributed by atoms with van der Waals surface area (Å²) in [6, 6.07) is -0.0959. The van der Waals surface area contributed by atoms with Crippen LogP contribution in [0, 0.1) is 0 Å². The Morgan fingerprint density at radius 2 is 2.12 bits per heavy atom. The number of amides is 1. The molecule has 16 heavy (non-hydrogen) atoms. The molecule has 0 aromatic heterocycles. The predicted octanol–water partition coefficient (Wildman–Crippen LogP) is -0.654. The zero-order valence-corrected chi connectivity index (χ0v) is 9.29. The first kappa shape index (κ1) is 17.7. The summed E-state index contributed by atoms with van der Waals surface area (Å²) in [5.41, 5.74) is 13.7. The molecule has 0 radical (unpaired) electrons. The molecule has 0 spiro atoms. The second kappa shape index (κ2) is 12.4. The number of hydrogen-bond donors (Lipinski definition) is 4. The number of hydroxylamine groups is 1. The van der Waals surface area contributed by atoms with Crippen LogP contribution in [0.5, 0.6) is 0 Å². The molecular weight excluding hydrogens is 208 g/mol. The third-order valence-corrected chi connectivity index (χ3v) is 1.91. The maximum Gasteiger partial charge on any atom is 0.221 e. The summed E-state index contributed by atoms with van der Waals surface area (Å²) in [4.78, 5) is 15.9. The van der Waals surface area contributed by atoms with Crippen LogP contribution in [0.15, 0.2) is 0 Å². The number of rotatable bonds is 9. The molecule has 1 atom stereocenters. The van der Waals surface area contributed by atoms with E-state index in [1.54, 1.807) is 7.11 Å². The second-order valence-corrected chi connectivity index (χ2v) is 3.34. The minimum absolute atomic E-state index is 0. The summed E-state index contributed by atoms with van der Waals surface area (Å²) >= 11 is 0. The predicted molar refractivity (Wildman–Crippen MR) is 65.6 cm³/mol. The quantitative estimate of drug-likeness (QED) is 0.313. The van der Waals surface area contributed by atoms with Gasteiger partial charge in [0.05, 0.1) is 7.11 Å². The third-order valence-electron chi connectivity index (χ3n) is 1.91. The minimum Gasteiger partial charge on any atom is -0.355 e. The lowest BCUT2D eigenvalue weighted by Crippen LogP contribution is -2.34. The highest BCUT2D eigenvalue weighted by Gasteiger charge is 2.08. The molecule has 6 heteroatoms. The van der Waals surface area contributed by atoms with Crippen molar-refractivity contribution < 1.29 is 9.63 Å². The number of hydrogen-bond acceptors (Lipinski definition) is 5. The van der Waals surface area contributed by atoms with Crippen molar-refractivity contribution in [3.63, 3.8) is 0 Å². The Kier molecular flexibility index (Phi) is 13.7. The standard InChI is InChI=1S/C9H22N4O2.CH4/c1-15-13-5-2-3-8(11)7-9(14)12-6-4-10;/h8,13H,2-7,10-11H2,1H3,(H,12,14);1H4. The Labute approximate surface area is 98.0 Å². The topological polar surface area (TPSA) is 102 Å². The van der Waals surface area contributed by atoms with Crippen LogP contribution < -0.4 is 22.3 Å². The molecule has 0 saturated carbocycles. The van der Waals surface area contributed by atoms with E-state index >= 15 is 0 Å². The van der Waals surface area contributed by atoms with Crippen LogP contribution in [0.25, 0.3) is 0 Å². The Bertz CT molecular complexity index is 167. The van der Waals surface area contributed by atoms with E-state index < -0.39 is 0 Å². The number of carbonyl (C=O) groups is 1. The van der Waals surface area contributed by atoms with Crippen molar-refractivity contribution in [2.45, 2.75) is 32.7 Å². The fourth-order valence-corrected chi connectivity index (χ4v) is 1.16. The van der Waals surface area contributed by atoms with Gasteiger partial charge >= 0.3 is 0 Å². The van der Waals surface area contributed by atoms with Crippen LogP contribution in [0.2, 0.25) is 0 Å². The van der Waals surface area contributed by atoms with Gasteiger partial charge in [-0.3, -0.25) is 4.79 Å². The molecule has 1 amide bonds. The van der Waals surface area contributed by atoms with Crippen LogP contribution in [-0.2, 0) is 9.63 Å². The lowest BCUT2D eigenvalue weighted by Gasteiger charge is -2.11. The van der Waals surface area contributed by atoms with Gasteiger partial charge in [0, 0.05) is 32.1 Å². The van der Waals surface area contributed by atoms with Gasteiger partial charge in [-0.15, -0.1) is 0 Å². The highest BCUT2D eigenvalue weighted by atomic mass is 16.6. The van der Waals surface area contributed by atoms with E-state index in [0.29, 0.717) is 19.5 Å². The summed E-state index contributed by atoms with van der Waals surface area (Å²) in [6.07, 6.45) is 2.04. The first-order valence-electron chi connectivity index (χ1n) is 5.19. The molecule has 98 valence electrons. The molecule has 0 heterocycles. The summed E-state index contributed by atoms with van der Waals surface area (Å²) in [7, 11) is 1.57. The van der Waals surface area contributed by atoms with Gasteiger partial charge in [-0.1, -0.05) is 7.43 Å². The maximum atomic E-state index is 11.2. The molecule has 6 nitrogen and oxygen atoms in total. The first-order valence-corrected chi connectivity index (χ1v) is 5.19. The number of nitrogens with two attached hydrogens (primary N) is 2. The van der Waals surface area contributed by atoms with E-state index in [0.717, 1.165) is 19.4 Å². The van der Waals surface area contributed by atoms with E-state index in [1.807, 2.05) is 0 Å². The molecule has 0 aliphatic rings. The SMILES string of the molecule is C.CONCCCC(N)CC(=O)NCCN. The Balaban J connectivity index is 0. The molecule has 0 fully saturated rings. The lowest BCUT2D eigenvalue weighted by atomic mass is 10.1. The van der Waals surface area contributed by atoms with Gasteiger partial charge in [-0.2, -0.15) is 0 Å². The van der Waals surface area contributed by atoms with Crippen molar-refractivity contribution in [1.29, 1.82) is 0 Å². The molecule has 0 rings (SSSR count). The van der Waals surface area contributed by atoms with Crippen molar-refractivity contribution in [1.82, 2.24) is 10.8 Å². The lowest BCUT2D eigenvalue weighted by molar-refractivity contribution is -0.121. The van der Waals surface area contributed by atoms with Crippen molar-refractivity contribution in [2.24, 2.45) is 11.5 Å². The average molecular weight is 234 g/mol. The number of carbonyl (C=O) groups excluding carboxylic acids is 1. The number of nitrogens with one attached hydrogen (secondary N) is 2. The van der Waals surface area contributed by atoms with E-state index in [9.17, 15) is 4.79 Å². The van der Waals surface area contributed by atoms with E-state index in [4.69, 9.17) is 11.5 Å². The molecule has 0 aliphatic heterocycles. The van der Waals surface area contributed by atoms with Gasteiger partial charge in [-0.05, 0) is 12.8 Å². The molecule has 0 saturated heterocycles. The molecule has 6 N–H and O–H groups in total. The van der Waals surface area contributed by atoms with Crippen LogP contribution in [0.3, 0.4) is 0 Å². The summed E-state index contributed by atoms with van der Waals surface area (Å²) < 4.78 is 0. The van der Waals surface area contributed by atoms with Gasteiger partial charge in [0.25, 0.3) is 0 Å². The van der Waals surface area contributed by atoms with Crippen LogP contribution in [-0.4, -0.2) is 38.7 Å². The Hall–Kier alpha value is -0.690. The van der Waals surface area contributed by atoms with Crippen LogP contribution >= 0.6 is 0 Å². The van der Waals surface area contributed by atoms with Crippen molar-refractivity contribution in [3.05, 3.63) is 0 Å². The maximum absolute atomic E-state index is 11.2. The molecule has 0 aliphatic carbocycles. The minimum atomic E-state index is -0.0959. The highest BCUT2D eigenvalue weighted by Crippen LogP contribution is 1.98. The normalized spacial score (nSPS) is 11.7. The average Bonchev–Trinajstić information content (AvgIpc) is 2.21. The second-order valence-electron chi connectivity index (χ2n) is 3.34. The summed E-state index contributed by atoms with van der Waals surface area (Å²) in [5.74, 6) is -0.0346. The van der Waals surface area contributed by atoms with E-state index in [-0.39, 0.29) is 19.4 Å². The zero-order chi connectivity index (χ0) is 11.5. The fraction of sp³-hybridized carbons (Fsp3) is 0.900. The Morgan fingerprint density at radius 1 is 1.44 bits per heavy atom. The van der Waals surface area contributed by atoms with E-state index in [1.165, 1.54) is 0 Å². The van der Waals surface area contributed by atoms with Crippen LogP contribution in [0.4, 0.5) is 0 Å². The zero-order valence-electron chi connectivity index (χ0n) is 9.29. The first-order chi connectivity index (χ1) is 7.20. The van der Waals surface area contributed by atoms with Gasteiger partial charge in [-0.25, -0.2) is 5.48 Å². The smallest absolute Gasteiger partial charge is 0.221 e. The molecule has 0 bridgehead atoms. The van der Waals surface area contributed by atoms with Crippen molar-refractivity contribution in [2.75, 3.05) is 26.7 Å². The molecule has 0 aromatic carbocycles.